The molecule has 1 aliphatic heterocycles. The number of nitrogens with two attached hydrogens (primary N) is 1. The standard InChI is InChI=1S/C40H60N7O8P/c1-2-3-4-5-6-7-8-9-10-11-12-13-14-15-16-17-22-51-27-34(52-26-32-18-19-33(24-41)44-25-32)28-53-56(49,50)54-30-40(29-42)23-37(48)38(55-40)35-20-21-36-39(43)45-31-46-47(35)36/h18-21,25,31,34,37-38,48H,2-17,22-23,26-28,30H2,1H3,(H,49,50)(H2,43,45,46)/t34?,37-,38+,40-/m1/s1. The van der Waals surface area contributed by atoms with Crippen molar-refractivity contribution >= 4 is 19.2 Å². The highest BCUT2D eigenvalue weighted by Gasteiger charge is 2.49. The minimum absolute atomic E-state index is 0.0981. The Bertz CT molecular complexity index is 1720. The maximum Gasteiger partial charge on any atom is 0.472 e. The second-order valence-electron chi connectivity index (χ2n) is 14.6. The molecule has 0 saturated carbocycles. The van der Waals surface area contributed by atoms with E-state index in [2.05, 4.69) is 22.0 Å². The molecule has 3 aromatic rings. The number of hydrogen-bond acceptors (Lipinski definition) is 13. The number of pyridine rings is 1. The number of ether oxygens (including phenoxy) is 3. The molecule has 0 radical (unpaired) electrons. The SMILES string of the molecule is CCCCCCCCCCCCCCCCCCOCC(COP(=O)(O)OC[C@]1(C#N)C[C@@H](O)[C@H](c2ccc3c(N)ncnn23)O1)OCc1ccc(C#N)nc1. The summed E-state index contributed by atoms with van der Waals surface area (Å²) >= 11 is 0. The van der Waals surface area contributed by atoms with Crippen LogP contribution in [0.3, 0.4) is 0 Å². The summed E-state index contributed by atoms with van der Waals surface area (Å²) in [5.41, 5.74) is 6.08. The van der Waals surface area contributed by atoms with Crippen LogP contribution in [0.25, 0.3) is 5.52 Å². The highest BCUT2D eigenvalue weighted by molar-refractivity contribution is 7.47. The lowest BCUT2D eigenvalue weighted by atomic mass is 10.0. The number of hydrogen-bond donors (Lipinski definition) is 3. The van der Waals surface area contributed by atoms with Gasteiger partial charge in [0.1, 0.15) is 48.5 Å². The second-order valence-corrected chi connectivity index (χ2v) is 16.1. The predicted molar refractivity (Wildman–Crippen MR) is 210 cm³/mol. The van der Waals surface area contributed by atoms with Crippen LogP contribution in [0.2, 0.25) is 0 Å². The van der Waals surface area contributed by atoms with E-state index in [1.54, 1.807) is 24.3 Å². The van der Waals surface area contributed by atoms with Crippen molar-refractivity contribution in [2.24, 2.45) is 0 Å². The van der Waals surface area contributed by atoms with Crippen LogP contribution in [0, 0.1) is 22.7 Å². The first-order valence-corrected chi connectivity index (χ1v) is 21.7. The van der Waals surface area contributed by atoms with Crippen LogP contribution < -0.4 is 5.73 Å². The number of nitriles is 2. The zero-order valence-electron chi connectivity index (χ0n) is 32.8. The lowest BCUT2D eigenvalue weighted by Gasteiger charge is -2.24. The van der Waals surface area contributed by atoms with E-state index in [1.807, 2.05) is 12.1 Å². The van der Waals surface area contributed by atoms with Gasteiger partial charge in [-0.05, 0) is 30.2 Å². The van der Waals surface area contributed by atoms with Gasteiger partial charge in [-0.25, -0.2) is 19.0 Å². The van der Waals surface area contributed by atoms with Gasteiger partial charge in [0.2, 0.25) is 0 Å². The monoisotopic (exact) mass is 797 g/mol. The van der Waals surface area contributed by atoms with Crippen LogP contribution in [0.15, 0.2) is 36.8 Å². The number of aliphatic hydroxyl groups is 1. The Kier molecular flexibility index (Phi) is 19.6. The minimum atomic E-state index is -4.72. The number of nitrogen functional groups attached to an aromatic ring is 1. The fraction of sp³-hybridized carbons (Fsp3) is 0.675. The highest BCUT2D eigenvalue weighted by atomic mass is 31.2. The lowest BCUT2D eigenvalue weighted by molar-refractivity contribution is -0.0623. The molecule has 308 valence electrons. The summed E-state index contributed by atoms with van der Waals surface area (Å²) in [6, 6.07) is 10.6. The van der Waals surface area contributed by atoms with Crippen LogP contribution >= 0.6 is 7.82 Å². The van der Waals surface area contributed by atoms with E-state index in [9.17, 15) is 19.8 Å². The molecule has 16 heteroatoms. The number of nitrogens with zero attached hydrogens (tertiary/aromatic N) is 6. The van der Waals surface area contributed by atoms with Crippen molar-refractivity contribution in [2.45, 2.75) is 147 Å². The summed E-state index contributed by atoms with van der Waals surface area (Å²) < 4.78 is 42.9. The Morgan fingerprint density at radius 1 is 0.946 bits per heavy atom. The fourth-order valence-electron chi connectivity index (χ4n) is 6.76. The molecule has 4 heterocycles. The average molecular weight is 798 g/mol. The van der Waals surface area contributed by atoms with Crippen LogP contribution in [-0.4, -0.2) is 73.8 Å². The van der Waals surface area contributed by atoms with Crippen LogP contribution in [0.1, 0.15) is 139 Å². The van der Waals surface area contributed by atoms with E-state index in [1.165, 1.54) is 101 Å². The molecule has 5 atom stereocenters. The van der Waals surface area contributed by atoms with Crippen molar-refractivity contribution in [1.29, 1.82) is 10.5 Å². The number of rotatable bonds is 29. The molecule has 4 rings (SSSR count). The summed E-state index contributed by atoms with van der Waals surface area (Å²) in [6.07, 6.45) is 20.2. The number of aliphatic hydroxyl groups excluding tert-OH is 1. The summed E-state index contributed by atoms with van der Waals surface area (Å²) in [5, 5.41) is 34.1. The van der Waals surface area contributed by atoms with E-state index in [-0.39, 0.29) is 37.8 Å². The number of unbranched alkanes of at least 4 members (excludes halogenated alkanes) is 15. The molecule has 56 heavy (non-hydrogen) atoms. The molecular formula is C40H60N7O8P. The third-order valence-corrected chi connectivity index (χ3v) is 10.9. The summed E-state index contributed by atoms with van der Waals surface area (Å²) in [5.74, 6) is 0.230. The third kappa shape index (κ3) is 15.1. The first-order chi connectivity index (χ1) is 27.2. The number of phosphoric ester groups is 1. The predicted octanol–water partition coefficient (Wildman–Crippen LogP) is 7.66. The Morgan fingerprint density at radius 2 is 1.61 bits per heavy atom. The Balaban J connectivity index is 1.16. The van der Waals surface area contributed by atoms with Gasteiger partial charge in [0.05, 0.1) is 31.6 Å². The molecule has 2 unspecified atom stereocenters. The summed E-state index contributed by atoms with van der Waals surface area (Å²) in [6.45, 7) is 1.96. The quantitative estimate of drug-likeness (QED) is 0.0454. The Labute approximate surface area is 331 Å². The van der Waals surface area contributed by atoms with Crippen LogP contribution in [0.4, 0.5) is 5.82 Å². The number of fused-ring (bicyclic) bond motifs is 1. The van der Waals surface area contributed by atoms with Gasteiger partial charge in [-0.1, -0.05) is 109 Å². The minimum Gasteiger partial charge on any atom is -0.390 e. The fourth-order valence-corrected chi connectivity index (χ4v) is 7.56. The molecule has 1 saturated heterocycles. The van der Waals surface area contributed by atoms with E-state index in [4.69, 9.17) is 34.3 Å². The molecule has 0 amide bonds. The summed E-state index contributed by atoms with van der Waals surface area (Å²) in [4.78, 5) is 18.6. The molecule has 3 aromatic heterocycles. The molecule has 0 aliphatic carbocycles. The van der Waals surface area contributed by atoms with Crippen molar-refractivity contribution in [2.75, 3.05) is 32.2 Å². The Hall–Kier alpha value is -3.50. The molecule has 15 nitrogen and oxygen atoms in total. The highest BCUT2D eigenvalue weighted by Crippen LogP contribution is 2.47. The summed E-state index contributed by atoms with van der Waals surface area (Å²) in [7, 11) is -4.72. The largest absolute Gasteiger partial charge is 0.472 e. The van der Waals surface area contributed by atoms with E-state index in [0.717, 1.165) is 19.3 Å². The van der Waals surface area contributed by atoms with Gasteiger partial charge in [0.25, 0.3) is 0 Å². The van der Waals surface area contributed by atoms with E-state index >= 15 is 0 Å². The zero-order valence-corrected chi connectivity index (χ0v) is 33.7. The van der Waals surface area contributed by atoms with Gasteiger partial charge in [-0.3, -0.25) is 9.05 Å². The van der Waals surface area contributed by atoms with Gasteiger partial charge >= 0.3 is 7.82 Å². The molecule has 1 aliphatic rings. The van der Waals surface area contributed by atoms with Crippen molar-refractivity contribution in [3.05, 3.63) is 53.7 Å². The lowest BCUT2D eigenvalue weighted by Crippen LogP contribution is -2.32. The normalized spacial score (nSPS) is 19.8. The molecule has 0 spiro atoms. The average Bonchev–Trinajstić information content (AvgIpc) is 3.79. The van der Waals surface area contributed by atoms with Gasteiger partial charge in [0.15, 0.2) is 11.4 Å². The smallest absolute Gasteiger partial charge is 0.390 e. The van der Waals surface area contributed by atoms with Crippen LogP contribution in [-0.2, 0) is 34.4 Å². The van der Waals surface area contributed by atoms with Gasteiger partial charge < -0.3 is 29.9 Å². The molecule has 0 bridgehead atoms. The van der Waals surface area contributed by atoms with Crippen molar-refractivity contribution in [1.82, 2.24) is 19.6 Å². The topological polar surface area (TPSA) is 220 Å². The maximum absolute atomic E-state index is 13.0. The van der Waals surface area contributed by atoms with Gasteiger partial charge in [-0.15, -0.1) is 0 Å². The van der Waals surface area contributed by atoms with Gasteiger partial charge in [0, 0.05) is 19.2 Å². The number of aromatic nitrogens is 4. The van der Waals surface area contributed by atoms with Crippen molar-refractivity contribution in [3.8, 4) is 12.1 Å². The maximum atomic E-state index is 13.0. The van der Waals surface area contributed by atoms with E-state index in [0.29, 0.717) is 23.4 Å². The Morgan fingerprint density at radius 3 is 2.21 bits per heavy atom. The van der Waals surface area contributed by atoms with E-state index < -0.39 is 38.3 Å². The number of anilines is 1. The van der Waals surface area contributed by atoms with Crippen molar-refractivity contribution in [3.63, 3.8) is 0 Å². The molecule has 4 N–H and O–H groups in total. The first kappa shape index (κ1) is 45.2. The van der Waals surface area contributed by atoms with Crippen molar-refractivity contribution < 1.29 is 37.8 Å². The second kappa shape index (κ2) is 24.3. The molecule has 0 aromatic carbocycles. The van der Waals surface area contributed by atoms with Gasteiger partial charge in [-0.2, -0.15) is 15.6 Å². The molecule has 1 fully saturated rings. The number of phosphoric acid groups is 1. The third-order valence-electron chi connectivity index (χ3n) is 10.0. The first-order valence-electron chi connectivity index (χ1n) is 20.2. The van der Waals surface area contributed by atoms with Crippen LogP contribution in [0.5, 0.6) is 0 Å². The zero-order chi connectivity index (χ0) is 40.1. The molecular weight excluding hydrogens is 737 g/mol.